The van der Waals surface area contributed by atoms with Crippen LogP contribution in [0.1, 0.15) is 30.7 Å². The summed E-state index contributed by atoms with van der Waals surface area (Å²) in [6, 6.07) is 8.32. The molecular formula is C18H21N5O2S. The summed E-state index contributed by atoms with van der Waals surface area (Å²) in [6.07, 6.45) is 2.03. The first-order chi connectivity index (χ1) is 12.8. The fraction of sp³-hybridized carbons (Fsp3) is 0.500. The Morgan fingerprint density at radius 3 is 2.81 bits per heavy atom. The summed E-state index contributed by atoms with van der Waals surface area (Å²) < 4.78 is 12.2. The molecule has 0 radical (unpaired) electrons. The van der Waals surface area contributed by atoms with Gasteiger partial charge in [0.1, 0.15) is 6.10 Å². The molecule has 0 bridgehead atoms. The van der Waals surface area contributed by atoms with E-state index in [-0.39, 0.29) is 6.10 Å². The molecule has 0 amide bonds. The maximum atomic E-state index is 5.61. The number of aromatic nitrogens is 3. The van der Waals surface area contributed by atoms with Crippen molar-refractivity contribution in [2.45, 2.75) is 25.5 Å². The van der Waals surface area contributed by atoms with Crippen LogP contribution < -0.4 is 4.90 Å². The fourth-order valence-corrected chi connectivity index (χ4v) is 4.54. The summed E-state index contributed by atoms with van der Waals surface area (Å²) in [5, 5.41) is 5.25. The minimum atomic E-state index is -0.00728. The lowest BCUT2D eigenvalue weighted by Gasteiger charge is -2.33. The number of fused-ring (bicyclic) bond motifs is 1. The minimum absolute atomic E-state index is 0.00728. The maximum Gasteiger partial charge on any atom is 0.255 e. The van der Waals surface area contributed by atoms with Crippen molar-refractivity contribution in [1.29, 1.82) is 0 Å². The van der Waals surface area contributed by atoms with Crippen LogP contribution in [0, 0.1) is 0 Å². The third kappa shape index (κ3) is 3.20. The first-order valence-electron chi connectivity index (χ1n) is 9.12. The van der Waals surface area contributed by atoms with Gasteiger partial charge in [0.15, 0.2) is 11.0 Å². The average Bonchev–Trinajstić information content (AvgIpc) is 3.42. The zero-order valence-corrected chi connectivity index (χ0v) is 15.3. The van der Waals surface area contributed by atoms with Crippen LogP contribution in [0.4, 0.5) is 5.13 Å². The molecule has 7 nitrogen and oxygen atoms in total. The third-order valence-electron chi connectivity index (χ3n) is 4.98. The molecule has 8 heteroatoms. The highest BCUT2D eigenvalue weighted by atomic mass is 32.1. The van der Waals surface area contributed by atoms with E-state index in [2.05, 4.69) is 38.1 Å². The minimum Gasteiger partial charge on any atom is -0.368 e. The highest BCUT2D eigenvalue weighted by Gasteiger charge is 2.25. The van der Waals surface area contributed by atoms with Gasteiger partial charge in [0.2, 0.25) is 0 Å². The van der Waals surface area contributed by atoms with Gasteiger partial charge in [0.25, 0.3) is 5.89 Å². The lowest BCUT2D eigenvalue weighted by atomic mass is 10.2. The zero-order valence-electron chi connectivity index (χ0n) is 14.5. The fourth-order valence-electron chi connectivity index (χ4n) is 3.53. The van der Waals surface area contributed by atoms with Gasteiger partial charge in [-0.1, -0.05) is 28.6 Å². The molecular weight excluding hydrogens is 350 g/mol. The topological polar surface area (TPSA) is 67.5 Å². The lowest BCUT2D eigenvalue weighted by Crippen LogP contribution is -2.46. The van der Waals surface area contributed by atoms with Crippen LogP contribution in [0.2, 0.25) is 0 Å². The summed E-state index contributed by atoms with van der Waals surface area (Å²) in [5.41, 5.74) is 1.09. The lowest BCUT2D eigenvalue weighted by molar-refractivity contribution is 0.0835. The van der Waals surface area contributed by atoms with Crippen LogP contribution in [-0.4, -0.2) is 52.8 Å². The summed E-state index contributed by atoms with van der Waals surface area (Å²) in [4.78, 5) is 14.0. The second-order valence-electron chi connectivity index (χ2n) is 6.78. The Balaban J connectivity index is 1.19. The highest BCUT2D eigenvalue weighted by molar-refractivity contribution is 7.22. The third-order valence-corrected chi connectivity index (χ3v) is 6.08. The molecule has 1 aromatic carbocycles. The van der Waals surface area contributed by atoms with Crippen molar-refractivity contribution in [3.05, 3.63) is 36.0 Å². The molecule has 2 saturated heterocycles. The van der Waals surface area contributed by atoms with E-state index < -0.39 is 0 Å². The Morgan fingerprint density at radius 2 is 2.00 bits per heavy atom. The van der Waals surface area contributed by atoms with Gasteiger partial charge in [-0.15, -0.1) is 0 Å². The number of ether oxygens (including phenoxy) is 1. The number of nitrogens with zero attached hydrogens (tertiary/aromatic N) is 5. The Hall–Kier alpha value is -2.03. The largest absolute Gasteiger partial charge is 0.368 e. The van der Waals surface area contributed by atoms with Crippen molar-refractivity contribution in [2.24, 2.45) is 0 Å². The van der Waals surface area contributed by atoms with Crippen molar-refractivity contribution in [3.8, 4) is 0 Å². The van der Waals surface area contributed by atoms with E-state index in [0.29, 0.717) is 5.89 Å². The molecule has 5 rings (SSSR count). The Labute approximate surface area is 155 Å². The van der Waals surface area contributed by atoms with E-state index in [9.17, 15) is 0 Å². The van der Waals surface area contributed by atoms with Gasteiger partial charge in [-0.25, -0.2) is 4.98 Å². The Bertz CT molecular complexity index is 847. The second kappa shape index (κ2) is 6.94. The smallest absolute Gasteiger partial charge is 0.255 e. The van der Waals surface area contributed by atoms with E-state index in [4.69, 9.17) is 14.2 Å². The first kappa shape index (κ1) is 16.2. The average molecular weight is 371 g/mol. The first-order valence-corrected chi connectivity index (χ1v) is 9.94. The van der Waals surface area contributed by atoms with Crippen LogP contribution in [0.25, 0.3) is 10.2 Å². The van der Waals surface area contributed by atoms with Crippen molar-refractivity contribution in [1.82, 2.24) is 20.0 Å². The molecule has 136 valence electrons. The van der Waals surface area contributed by atoms with Crippen molar-refractivity contribution in [2.75, 3.05) is 37.7 Å². The number of thiazole rings is 1. The van der Waals surface area contributed by atoms with Crippen LogP contribution in [0.15, 0.2) is 28.8 Å². The van der Waals surface area contributed by atoms with E-state index in [1.807, 2.05) is 6.07 Å². The molecule has 26 heavy (non-hydrogen) atoms. The number of benzene rings is 1. The second-order valence-corrected chi connectivity index (χ2v) is 7.79. The SMILES string of the molecule is c1ccc2sc(N3CCN(Cc4noc([C@@H]5CCCO5)n4)CC3)nc2c1. The van der Waals surface area contributed by atoms with Crippen LogP contribution in [-0.2, 0) is 11.3 Å². The van der Waals surface area contributed by atoms with Gasteiger partial charge in [-0.3, -0.25) is 4.90 Å². The van der Waals surface area contributed by atoms with Gasteiger partial charge >= 0.3 is 0 Å². The Kier molecular flexibility index (Phi) is 4.32. The van der Waals surface area contributed by atoms with Gasteiger partial charge in [0, 0.05) is 32.8 Å². The van der Waals surface area contributed by atoms with Gasteiger partial charge in [-0.05, 0) is 25.0 Å². The molecule has 2 aliphatic heterocycles. The molecule has 0 spiro atoms. The van der Waals surface area contributed by atoms with Gasteiger partial charge < -0.3 is 14.2 Å². The molecule has 0 N–H and O–H groups in total. The molecule has 1 atom stereocenters. The monoisotopic (exact) mass is 371 g/mol. The van der Waals surface area contributed by atoms with E-state index in [1.54, 1.807) is 11.3 Å². The van der Waals surface area contributed by atoms with E-state index >= 15 is 0 Å². The number of piperazine rings is 1. The van der Waals surface area contributed by atoms with Crippen molar-refractivity contribution >= 4 is 26.7 Å². The van der Waals surface area contributed by atoms with E-state index in [1.165, 1.54) is 4.70 Å². The molecule has 3 aromatic rings. The van der Waals surface area contributed by atoms with Crippen LogP contribution >= 0.6 is 11.3 Å². The zero-order chi connectivity index (χ0) is 17.3. The number of hydrogen-bond acceptors (Lipinski definition) is 8. The number of rotatable bonds is 4. The molecule has 0 aliphatic carbocycles. The molecule has 2 fully saturated rings. The van der Waals surface area contributed by atoms with E-state index in [0.717, 1.165) is 68.6 Å². The normalized spacial score (nSPS) is 21.7. The molecule has 2 aliphatic rings. The Morgan fingerprint density at radius 1 is 1.12 bits per heavy atom. The predicted octanol–water partition coefficient (Wildman–Crippen LogP) is 2.85. The number of hydrogen-bond donors (Lipinski definition) is 0. The summed E-state index contributed by atoms with van der Waals surface area (Å²) in [7, 11) is 0. The number of anilines is 1. The highest BCUT2D eigenvalue weighted by Crippen LogP contribution is 2.29. The molecule has 0 unspecified atom stereocenters. The summed E-state index contributed by atoms with van der Waals surface area (Å²) in [5.74, 6) is 1.38. The van der Waals surface area contributed by atoms with Crippen LogP contribution in [0.5, 0.6) is 0 Å². The quantitative estimate of drug-likeness (QED) is 0.698. The summed E-state index contributed by atoms with van der Waals surface area (Å²) in [6.45, 7) is 5.39. The molecule has 4 heterocycles. The predicted molar refractivity (Wildman–Crippen MR) is 99.3 cm³/mol. The standard InChI is InChI=1S/C18H21N5O2S/c1-2-6-15-13(4-1)19-18(26-15)23-9-7-22(8-10-23)12-16-20-17(25-21-16)14-5-3-11-24-14/h1-2,4,6,14H,3,5,7-12H2/t14-/m0/s1. The van der Waals surface area contributed by atoms with Gasteiger partial charge in [-0.2, -0.15) is 4.98 Å². The summed E-state index contributed by atoms with van der Waals surface area (Å²) >= 11 is 1.77. The molecule has 0 saturated carbocycles. The maximum absolute atomic E-state index is 5.61. The van der Waals surface area contributed by atoms with Crippen molar-refractivity contribution < 1.29 is 9.26 Å². The number of para-hydroxylation sites is 1. The molecule has 2 aromatic heterocycles. The van der Waals surface area contributed by atoms with Crippen molar-refractivity contribution in [3.63, 3.8) is 0 Å². The van der Waals surface area contributed by atoms with Crippen LogP contribution in [0.3, 0.4) is 0 Å². The van der Waals surface area contributed by atoms with Gasteiger partial charge in [0.05, 0.1) is 16.8 Å².